The second-order valence-electron chi connectivity index (χ2n) is 7.53. The Morgan fingerprint density at radius 3 is 2.35 bits per heavy atom. The number of allylic oxidation sites excluding steroid dienone is 5. The Morgan fingerprint density at radius 1 is 1.16 bits per heavy atom. The Morgan fingerprint density at radius 2 is 1.81 bits per heavy atom. The van der Waals surface area contributed by atoms with Gasteiger partial charge in [0, 0.05) is 5.56 Å². The maximum atomic E-state index is 14.1. The van der Waals surface area contributed by atoms with Crippen LogP contribution < -0.4 is 4.74 Å². The molecule has 0 bridgehead atoms. The lowest BCUT2D eigenvalue weighted by Gasteiger charge is -2.33. The van der Waals surface area contributed by atoms with Crippen molar-refractivity contribution in [2.75, 3.05) is 7.11 Å². The molecule has 0 heterocycles. The fraction of sp³-hybridized carbons (Fsp3) is 0.308. The van der Waals surface area contributed by atoms with Gasteiger partial charge in [-0.1, -0.05) is 67.6 Å². The molecule has 2 aromatic carbocycles. The molecule has 0 saturated heterocycles. The summed E-state index contributed by atoms with van der Waals surface area (Å²) in [6, 6.07) is 9.86. The predicted molar refractivity (Wildman–Crippen MR) is 120 cm³/mol. The molecule has 2 rings (SSSR count). The molecule has 1 unspecified atom stereocenters. The van der Waals surface area contributed by atoms with E-state index in [0.717, 1.165) is 12.8 Å². The lowest BCUT2D eigenvalue weighted by Crippen LogP contribution is -2.43. The van der Waals surface area contributed by atoms with Crippen molar-refractivity contribution in [3.8, 4) is 5.75 Å². The first-order valence-electron chi connectivity index (χ1n) is 10.1. The van der Waals surface area contributed by atoms with Crippen LogP contribution in [0.25, 0.3) is 5.57 Å². The number of rotatable bonds is 8. The average molecular weight is 431 g/mol. The molecule has 166 valence electrons. The van der Waals surface area contributed by atoms with Crippen LogP contribution in [0.1, 0.15) is 48.9 Å². The smallest absolute Gasteiger partial charge is 0.425 e. The summed E-state index contributed by atoms with van der Waals surface area (Å²) in [6.45, 7) is 9.87. The van der Waals surface area contributed by atoms with Crippen molar-refractivity contribution in [2.24, 2.45) is 0 Å². The molecule has 1 N–H and O–H groups in total. The Kier molecular flexibility index (Phi) is 7.91. The first kappa shape index (κ1) is 24.5. The van der Waals surface area contributed by atoms with Gasteiger partial charge in [0.05, 0.1) is 7.11 Å². The average Bonchev–Trinajstić information content (AvgIpc) is 2.72. The number of aryl methyl sites for hydroxylation is 1. The highest BCUT2D eigenvalue weighted by molar-refractivity contribution is 5.76. The van der Waals surface area contributed by atoms with Crippen LogP contribution in [0.5, 0.6) is 5.75 Å². The van der Waals surface area contributed by atoms with Crippen LogP contribution in [0.4, 0.5) is 13.2 Å². The van der Waals surface area contributed by atoms with Crippen molar-refractivity contribution in [2.45, 2.75) is 45.4 Å². The Hall–Kier alpha value is -2.79. The number of methoxy groups -OCH3 is 1. The van der Waals surface area contributed by atoms with Crippen LogP contribution in [0.2, 0.25) is 0 Å². The van der Waals surface area contributed by atoms with E-state index >= 15 is 0 Å². The molecule has 0 spiro atoms. The topological polar surface area (TPSA) is 29.5 Å². The molecular formula is C26H29F3O2. The zero-order valence-electron chi connectivity index (χ0n) is 18.4. The normalized spacial score (nSPS) is 14.5. The van der Waals surface area contributed by atoms with Gasteiger partial charge in [0.15, 0.2) is 0 Å². The van der Waals surface area contributed by atoms with E-state index in [1.54, 1.807) is 13.0 Å². The molecule has 2 aromatic rings. The van der Waals surface area contributed by atoms with Gasteiger partial charge >= 0.3 is 6.18 Å². The van der Waals surface area contributed by atoms with Crippen LogP contribution in [0, 0.1) is 6.92 Å². The van der Waals surface area contributed by atoms with E-state index in [2.05, 4.69) is 19.6 Å². The van der Waals surface area contributed by atoms with Crippen molar-refractivity contribution in [3.63, 3.8) is 0 Å². The highest BCUT2D eigenvalue weighted by Crippen LogP contribution is 2.48. The Balaban J connectivity index is 2.54. The molecule has 0 saturated carbocycles. The lowest BCUT2D eigenvalue weighted by atomic mass is 9.83. The van der Waals surface area contributed by atoms with Gasteiger partial charge in [0.25, 0.3) is 0 Å². The summed E-state index contributed by atoms with van der Waals surface area (Å²) >= 11 is 0. The molecule has 0 fully saturated rings. The monoisotopic (exact) mass is 430 g/mol. The first-order valence-corrected chi connectivity index (χ1v) is 10.1. The number of hydrogen-bond donors (Lipinski definition) is 1. The van der Waals surface area contributed by atoms with Crippen LogP contribution in [0.15, 0.2) is 72.8 Å². The van der Waals surface area contributed by atoms with Crippen molar-refractivity contribution < 1.29 is 23.0 Å². The minimum atomic E-state index is -4.95. The van der Waals surface area contributed by atoms with Gasteiger partial charge < -0.3 is 9.84 Å². The highest BCUT2D eigenvalue weighted by Gasteiger charge is 2.57. The van der Waals surface area contributed by atoms with Gasteiger partial charge in [-0.05, 0) is 61.1 Å². The largest absolute Gasteiger partial charge is 0.496 e. The van der Waals surface area contributed by atoms with E-state index < -0.39 is 11.8 Å². The lowest BCUT2D eigenvalue weighted by molar-refractivity contribution is -0.248. The molecule has 0 amide bonds. The van der Waals surface area contributed by atoms with Gasteiger partial charge in [0.1, 0.15) is 5.75 Å². The summed E-state index contributed by atoms with van der Waals surface area (Å²) in [7, 11) is 1.29. The molecule has 2 nitrogen and oxygen atoms in total. The van der Waals surface area contributed by atoms with E-state index in [0.29, 0.717) is 16.7 Å². The minimum absolute atomic E-state index is 0.0547. The summed E-state index contributed by atoms with van der Waals surface area (Å²) in [5, 5.41) is 11.0. The predicted octanol–water partition coefficient (Wildman–Crippen LogP) is 7.12. The first-order chi connectivity index (χ1) is 14.6. The number of alkyl halides is 3. The molecule has 0 aliphatic heterocycles. The summed E-state index contributed by atoms with van der Waals surface area (Å²) in [5.74, 6) is -0.0547. The fourth-order valence-electron chi connectivity index (χ4n) is 3.55. The number of aliphatic hydroxyl groups is 1. The standard InChI is InChI=1S/C26H29F3O2/c1-6-11-18(2)12-10-13-19(3)22-17-24(31-5)23(16-20(22)4)25(30,26(27,28)29)21-14-8-7-9-15-21/h7-11,13-17,30H,3,6,12H2,1-2,4-5H3/b13-10+,18-11+. The van der Waals surface area contributed by atoms with E-state index in [9.17, 15) is 18.3 Å². The maximum absolute atomic E-state index is 14.1. The third kappa shape index (κ3) is 5.28. The van der Waals surface area contributed by atoms with E-state index in [4.69, 9.17) is 4.74 Å². The van der Waals surface area contributed by atoms with Crippen molar-refractivity contribution in [1.82, 2.24) is 0 Å². The minimum Gasteiger partial charge on any atom is -0.496 e. The maximum Gasteiger partial charge on any atom is 0.425 e. The van der Waals surface area contributed by atoms with Gasteiger partial charge in [-0.25, -0.2) is 0 Å². The number of ether oxygens (including phenoxy) is 1. The number of benzene rings is 2. The molecule has 0 aliphatic carbocycles. The van der Waals surface area contributed by atoms with Crippen LogP contribution >= 0.6 is 0 Å². The van der Waals surface area contributed by atoms with Crippen molar-refractivity contribution in [1.29, 1.82) is 0 Å². The summed E-state index contributed by atoms with van der Waals surface area (Å²) in [6.07, 6.45) is 2.74. The molecule has 0 radical (unpaired) electrons. The fourth-order valence-corrected chi connectivity index (χ4v) is 3.55. The van der Waals surface area contributed by atoms with E-state index in [1.165, 1.54) is 49.1 Å². The molecule has 0 aromatic heterocycles. The second kappa shape index (κ2) is 10.0. The van der Waals surface area contributed by atoms with Crippen LogP contribution in [-0.2, 0) is 5.60 Å². The van der Waals surface area contributed by atoms with Crippen LogP contribution in [0.3, 0.4) is 0 Å². The highest BCUT2D eigenvalue weighted by atomic mass is 19.4. The van der Waals surface area contributed by atoms with Gasteiger partial charge in [0.2, 0.25) is 5.60 Å². The van der Waals surface area contributed by atoms with E-state index in [-0.39, 0.29) is 16.9 Å². The summed E-state index contributed by atoms with van der Waals surface area (Å²) < 4.78 is 47.7. The zero-order chi connectivity index (χ0) is 23.2. The second-order valence-corrected chi connectivity index (χ2v) is 7.53. The third-order valence-electron chi connectivity index (χ3n) is 5.20. The molecule has 31 heavy (non-hydrogen) atoms. The quantitative estimate of drug-likeness (QED) is 0.357. The SMILES string of the molecule is C=C(/C=C/C/C(C)=C/CC)c1cc(OC)c(C(O)(c2ccccc2)C(F)(F)F)cc1C. The third-order valence-corrected chi connectivity index (χ3v) is 5.20. The molecular weight excluding hydrogens is 401 g/mol. The molecule has 5 heteroatoms. The van der Waals surface area contributed by atoms with Gasteiger partial charge in [-0.3, -0.25) is 0 Å². The summed E-state index contributed by atoms with van der Waals surface area (Å²) in [4.78, 5) is 0. The Bertz CT molecular complexity index is 972. The van der Waals surface area contributed by atoms with Crippen LogP contribution in [-0.4, -0.2) is 18.4 Å². The van der Waals surface area contributed by atoms with Crippen molar-refractivity contribution >= 4 is 5.57 Å². The molecule has 0 aliphatic rings. The number of halogens is 3. The summed E-state index contributed by atoms with van der Waals surface area (Å²) in [5.41, 5.74) is -0.728. The Labute approximate surface area is 182 Å². The van der Waals surface area contributed by atoms with Crippen molar-refractivity contribution in [3.05, 3.63) is 95.1 Å². The van der Waals surface area contributed by atoms with Gasteiger partial charge in [-0.15, -0.1) is 0 Å². The van der Waals surface area contributed by atoms with Gasteiger partial charge in [-0.2, -0.15) is 13.2 Å². The number of hydrogen-bond acceptors (Lipinski definition) is 2. The zero-order valence-corrected chi connectivity index (χ0v) is 18.4. The molecule has 1 atom stereocenters. The van der Waals surface area contributed by atoms with E-state index in [1.807, 2.05) is 19.1 Å².